The minimum Gasteiger partial charge on any atom is -0.397 e. The number of aromatic nitrogens is 1. The summed E-state index contributed by atoms with van der Waals surface area (Å²) in [6, 6.07) is 8.23. The van der Waals surface area contributed by atoms with Crippen LogP contribution < -0.4 is 11.1 Å². The zero-order valence-corrected chi connectivity index (χ0v) is 11.3. The summed E-state index contributed by atoms with van der Waals surface area (Å²) >= 11 is 6.04. The van der Waals surface area contributed by atoms with Crippen molar-refractivity contribution in [2.75, 3.05) is 11.1 Å². The second kappa shape index (κ2) is 5.89. The number of hydrogen-bond donors (Lipinski definition) is 2. The van der Waals surface area contributed by atoms with E-state index in [0.717, 1.165) is 12.0 Å². The van der Waals surface area contributed by atoms with Gasteiger partial charge in [0.1, 0.15) is 11.6 Å². The fourth-order valence-corrected chi connectivity index (χ4v) is 2.05. The van der Waals surface area contributed by atoms with Gasteiger partial charge in [-0.2, -0.15) is 0 Å². The fourth-order valence-electron chi connectivity index (χ4n) is 1.82. The largest absolute Gasteiger partial charge is 0.397 e. The van der Waals surface area contributed by atoms with Gasteiger partial charge in [-0.3, -0.25) is 0 Å². The van der Waals surface area contributed by atoms with Crippen LogP contribution in [0.5, 0.6) is 0 Å². The molecule has 19 heavy (non-hydrogen) atoms. The third-order valence-corrected chi connectivity index (χ3v) is 2.99. The molecule has 0 spiro atoms. The number of nitrogens with zero attached hydrogens (tertiary/aromatic N) is 1. The van der Waals surface area contributed by atoms with E-state index >= 15 is 0 Å². The quantitative estimate of drug-likeness (QED) is 0.901. The minimum absolute atomic E-state index is 0.124. The molecule has 0 bridgehead atoms. The average molecular weight is 280 g/mol. The standard InChI is InChI=1S/C14H15ClFN3/c1-9(6-10-2-4-11(16)5-3-10)19-14-13(15)7-12(17)8-18-14/h2-5,7-9H,6,17H2,1H3,(H,18,19). The first-order valence-corrected chi connectivity index (χ1v) is 6.34. The van der Waals surface area contributed by atoms with E-state index in [0.29, 0.717) is 16.5 Å². The Morgan fingerprint density at radius 1 is 1.37 bits per heavy atom. The second-order valence-corrected chi connectivity index (χ2v) is 4.88. The van der Waals surface area contributed by atoms with Crippen molar-refractivity contribution in [2.24, 2.45) is 0 Å². The maximum atomic E-state index is 12.8. The van der Waals surface area contributed by atoms with Crippen LogP contribution in [0.4, 0.5) is 15.9 Å². The van der Waals surface area contributed by atoms with Crippen molar-refractivity contribution in [1.82, 2.24) is 4.98 Å². The Labute approximate surface area is 116 Å². The van der Waals surface area contributed by atoms with Crippen LogP contribution in [-0.2, 0) is 6.42 Å². The third-order valence-electron chi connectivity index (χ3n) is 2.70. The van der Waals surface area contributed by atoms with E-state index in [2.05, 4.69) is 10.3 Å². The van der Waals surface area contributed by atoms with Gasteiger partial charge in [0, 0.05) is 6.04 Å². The molecule has 0 aliphatic rings. The highest BCUT2D eigenvalue weighted by Gasteiger charge is 2.08. The van der Waals surface area contributed by atoms with Crippen LogP contribution in [-0.4, -0.2) is 11.0 Å². The first kappa shape index (κ1) is 13.6. The Bertz CT molecular complexity index is 557. The van der Waals surface area contributed by atoms with Crippen LogP contribution in [0.25, 0.3) is 0 Å². The molecule has 0 aliphatic heterocycles. The van der Waals surface area contributed by atoms with Crippen molar-refractivity contribution in [3.8, 4) is 0 Å². The summed E-state index contributed by atoms with van der Waals surface area (Å²) in [5.74, 6) is 0.373. The van der Waals surface area contributed by atoms with Crippen molar-refractivity contribution in [3.63, 3.8) is 0 Å². The topological polar surface area (TPSA) is 50.9 Å². The second-order valence-electron chi connectivity index (χ2n) is 4.48. The Balaban J connectivity index is 2.01. The highest BCUT2D eigenvalue weighted by atomic mass is 35.5. The van der Waals surface area contributed by atoms with Gasteiger partial charge in [-0.05, 0) is 37.1 Å². The van der Waals surface area contributed by atoms with Gasteiger partial charge in [-0.15, -0.1) is 0 Å². The molecule has 0 saturated carbocycles. The van der Waals surface area contributed by atoms with Crippen LogP contribution in [0.15, 0.2) is 36.5 Å². The lowest BCUT2D eigenvalue weighted by atomic mass is 10.1. The molecule has 0 saturated heterocycles. The lowest BCUT2D eigenvalue weighted by Crippen LogP contribution is -2.19. The van der Waals surface area contributed by atoms with E-state index < -0.39 is 0 Å². The van der Waals surface area contributed by atoms with E-state index in [1.54, 1.807) is 24.4 Å². The van der Waals surface area contributed by atoms with Crippen molar-refractivity contribution in [1.29, 1.82) is 0 Å². The first-order chi connectivity index (χ1) is 9.04. The number of pyridine rings is 1. The van der Waals surface area contributed by atoms with Crippen molar-refractivity contribution in [2.45, 2.75) is 19.4 Å². The number of anilines is 2. The summed E-state index contributed by atoms with van der Waals surface area (Å²) in [5, 5.41) is 3.70. The normalized spacial score (nSPS) is 12.2. The van der Waals surface area contributed by atoms with E-state index in [9.17, 15) is 4.39 Å². The van der Waals surface area contributed by atoms with E-state index in [1.165, 1.54) is 12.1 Å². The number of benzene rings is 1. The van der Waals surface area contributed by atoms with Gasteiger partial charge in [-0.25, -0.2) is 9.37 Å². The van der Waals surface area contributed by atoms with Crippen molar-refractivity contribution in [3.05, 3.63) is 52.9 Å². The van der Waals surface area contributed by atoms with Gasteiger partial charge in [-0.1, -0.05) is 23.7 Å². The summed E-state index contributed by atoms with van der Waals surface area (Å²) in [4.78, 5) is 4.15. The number of nitrogens with two attached hydrogens (primary N) is 1. The SMILES string of the molecule is CC(Cc1ccc(F)cc1)Nc1ncc(N)cc1Cl. The van der Waals surface area contributed by atoms with E-state index in [1.807, 2.05) is 6.92 Å². The first-order valence-electron chi connectivity index (χ1n) is 5.96. The number of nitrogens with one attached hydrogen (secondary N) is 1. The summed E-state index contributed by atoms with van der Waals surface area (Å²) < 4.78 is 12.8. The molecule has 0 fully saturated rings. The maximum Gasteiger partial charge on any atom is 0.145 e. The predicted octanol–water partition coefficient (Wildman–Crippen LogP) is 3.50. The number of halogens is 2. The molecule has 0 aliphatic carbocycles. The molecule has 0 amide bonds. The van der Waals surface area contributed by atoms with Gasteiger partial charge in [0.25, 0.3) is 0 Å². The summed E-state index contributed by atoms with van der Waals surface area (Å²) in [5.41, 5.74) is 7.16. The predicted molar refractivity (Wildman–Crippen MR) is 76.8 cm³/mol. The van der Waals surface area contributed by atoms with Gasteiger partial charge in [0.2, 0.25) is 0 Å². The molecule has 3 nitrogen and oxygen atoms in total. The minimum atomic E-state index is -0.229. The lowest BCUT2D eigenvalue weighted by Gasteiger charge is -2.15. The third kappa shape index (κ3) is 3.83. The maximum absolute atomic E-state index is 12.8. The van der Waals surface area contributed by atoms with Crippen LogP contribution in [0.1, 0.15) is 12.5 Å². The molecular formula is C14H15ClFN3. The Kier molecular flexibility index (Phi) is 4.22. The van der Waals surface area contributed by atoms with Crippen molar-refractivity contribution >= 4 is 23.1 Å². The smallest absolute Gasteiger partial charge is 0.145 e. The zero-order valence-electron chi connectivity index (χ0n) is 10.5. The Morgan fingerprint density at radius 3 is 2.68 bits per heavy atom. The van der Waals surface area contributed by atoms with Gasteiger partial charge in [0.15, 0.2) is 0 Å². The van der Waals surface area contributed by atoms with Crippen LogP contribution in [0.3, 0.4) is 0 Å². The highest BCUT2D eigenvalue weighted by Crippen LogP contribution is 2.22. The Morgan fingerprint density at radius 2 is 2.05 bits per heavy atom. The van der Waals surface area contributed by atoms with Crippen LogP contribution in [0.2, 0.25) is 5.02 Å². The van der Waals surface area contributed by atoms with Gasteiger partial charge >= 0.3 is 0 Å². The highest BCUT2D eigenvalue weighted by molar-refractivity contribution is 6.33. The van der Waals surface area contributed by atoms with Gasteiger partial charge < -0.3 is 11.1 Å². The number of hydrogen-bond acceptors (Lipinski definition) is 3. The molecule has 1 unspecified atom stereocenters. The molecule has 1 heterocycles. The van der Waals surface area contributed by atoms with E-state index in [4.69, 9.17) is 17.3 Å². The molecule has 0 radical (unpaired) electrons. The molecule has 2 aromatic rings. The number of nitrogen functional groups attached to an aromatic ring is 1. The molecule has 1 aromatic heterocycles. The van der Waals surface area contributed by atoms with Crippen LogP contribution in [0, 0.1) is 5.82 Å². The summed E-state index contributed by atoms with van der Waals surface area (Å²) in [6.07, 6.45) is 2.31. The molecule has 100 valence electrons. The monoisotopic (exact) mass is 279 g/mol. The molecule has 5 heteroatoms. The van der Waals surface area contributed by atoms with Crippen LogP contribution >= 0.6 is 11.6 Å². The average Bonchev–Trinajstić information content (AvgIpc) is 2.36. The summed E-state index contributed by atoms with van der Waals surface area (Å²) in [7, 11) is 0. The molecular weight excluding hydrogens is 265 g/mol. The number of rotatable bonds is 4. The summed E-state index contributed by atoms with van der Waals surface area (Å²) in [6.45, 7) is 2.01. The molecule has 2 rings (SSSR count). The molecule has 1 aromatic carbocycles. The zero-order chi connectivity index (χ0) is 13.8. The molecule has 3 N–H and O–H groups in total. The van der Waals surface area contributed by atoms with Crippen molar-refractivity contribution < 1.29 is 4.39 Å². The lowest BCUT2D eigenvalue weighted by molar-refractivity contribution is 0.626. The van der Waals surface area contributed by atoms with Gasteiger partial charge in [0.05, 0.1) is 16.9 Å². The molecule has 1 atom stereocenters. The van der Waals surface area contributed by atoms with E-state index in [-0.39, 0.29) is 11.9 Å². The Hall–Kier alpha value is -1.81. The fraction of sp³-hybridized carbons (Fsp3) is 0.214.